The van der Waals surface area contributed by atoms with Crippen molar-refractivity contribution in [3.8, 4) is 5.75 Å². The highest BCUT2D eigenvalue weighted by Crippen LogP contribution is 2.45. The van der Waals surface area contributed by atoms with E-state index in [-0.39, 0.29) is 19.0 Å². The van der Waals surface area contributed by atoms with Crippen LogP contribution in [-0.4, -0.2) is 25.7 Å². The number of phosphoric ester groups is 1. The lowest BCUT2D eigenvalue weighted by Gasteiger charge is -2.18. The number of carbonyl (C=O) groups is 1. The molecule has 1 amide bonds. The summed E-state index contributed by atoms with van der Waals surface area (Å²) < 4.78 is 26.6. The highest BCUT2D eigenvalue weighted by Gasteiger charge is 2.25. The molecule has 0 aromatic heterocycles. The molecule has 0 spiro atoms. The Balaban J connectivity index is 2.68. The van der Waals surface area contributed by atoms with Crippen LogP contribution in [0.5, 0.6) is 5.75 Å². The van der Waals surface area contributed by atoms with E-state index in [4.69, 9.17) is 14.8 Å². The lowest BCUT2D eigenvalue weighted by Crippen LogP contribution is -2.21. The largest absolute Gasteiger partial charge is 0.527 e. The number of amides is 1. The monoisotopic (exact) mass is 347 g/mol. The number of carbonyl (C=O) groups excluding carboxylic acids is 1. The average molecular weight is 347 g/mol. The molecule has 0 aliphatic rings. The molecule has 0 aliphatic carbocycles. The van der Waals surface area contributed by atoms with Gasteiger partial charge < -0.3 is 15.0 Å². The van der Waals surface area contributed by atoms with Gasteiger partial charge in [-0.3, -0.25) is 9.42 Å². The summed E-state index contributed by atoms with van der Waals surface area (Å²) in [6, 6.07) is 7.14. The molecule has 1 atom stereocenters. The Morgan fingerprint density at radius 2 is 1.95 bits per heavy atom. The Morgan fingerprint density at radius 1 is 1.32 bits per heavy atom. The van der Waals surface area contributed by atoms with Crippen LogP contribution in [0, 0.1) is 0 Å². The predicted octanol–water partition coefficient (Wildman–Crippen LogP) is 3.12. The molecule has 7 nitrogen and oxygen atoms in total. The zero-order chi connectivity index (χ0) is 16.8. The van der Waals surface area contributed by atoms with Crippen LogP contribution in [0.1, 0.15) is 5.56 Å². The Kier molecular flexibility index (Phi) is 6.61. The van der Waals surface area contributed by atoms with Crippen molar-refractivity contribution in [2.75, 3.05) is 6.61 Å². The highest BCUT2D eigenvalue weighted by atomic mass is 31.2. The van der Waals surface area contributed by atoms with Crippen molar-refractivity contribution in [3.05, 3.63) is 29.8 Å². The lowest BCUT2D eigenvalue weighted by molar-refractivity contribution is 0.149. The highest BCUT2D eigenvalue weighted by molar-refractivity contribution is 7.47. The maximum atomic E-state index is 12.0. The second-order valence-electron chi connectivity index (χ2n) is 5.92. The molecule has 1 aromatic carbocycles. The molecule has 0 heterocycles. The minimum Gasteiger partial charge on any atom is -0.445 e. The van der Waals surface area contributed by atoms with Crippen LogP contribution < -0.4 is 10.3 Å². The molecule has 0 radical (unpaired) electrons. The Bertz CT molecular complexity index is 560. The third kappa shape index (κ3) is 7.60. The zero-order valence-corrected chi connectivity index (χ0v) is 14.8. The molecule has 22 heavy (non-hydrogen) atoms. The van der Waals surface area contributed by atoms with E-state index in [9.17, 15) is 14.3 Å². The fourth-order valence-electron chi connectivity index (χ4n) is 1.48. The van der Waals surface area contributed by atoms with E-state index >= 15 is 0 Å². The molecular formula is C13H22NO6PSi. The fraction of sp³-hybridized carbons (Fsp3) is 0.462. The minimum atomic E-state index is -4.22. The maximum Gasteiger partial charge on any atom is 0.527 e. The van der Waals surface area contributed by atoms with Crippen LogP contribution in [0.15, 0.2) is 24.3 Å². The van der Waals surface area contributed by atoms with Crippen molar-refractivity contribution in [2.45, 2.75) is 32.3 Å². The van der Waals surface area contributed by atoms with E-state index in [2.05, 4.69) is 24.4 Å². The van der Waals surface area contributed by atoms with Gasteiger partial charge in [0.05, 0.1) is 6.61 Å². The number of para-hydroxylation sites is 1. The van der Waals surface area contributed by atoms with Crippen molar-refractivity contribution in [2.24, 2.45) is 5.73 Å². The van der Waals surface area contributed by atoms with E-state index in [1.54, 1.807) is 18.2 Å². The standard InChI is InChI=1S/C13H22NO6PSi/c1-22(2,3)9-8-19-21(16,17)20-12-7-5-4-6-11(12)10-18-13(14)15/h4-7H,8-10H2,1-3H3,(H2,14,15)(H,16,17). The van der Waals surface area contributed by atoms with Gasteiger partial charge in [0, 0.05) is 13.6 Å². The quantitative estimate of drug-likeness (QED) is 0.552. The topological polar surface area (TPSA) is 108 Å². The number of benzene rings is 1. The van der Waals surface area contributed by atoms with Gasteiger partial charge in [0.15, 0.2) is 0 Å². The predicted molar refractivity (Wildman–Crippen MR) is 85.4 cm³/mol. The van der Waals surface area contributed by atoms with Crippen molar-refractivity contribution in [3.63, 3.8) is 0 Å². The van der Waals surface area contributed by atoms with Gasteiger partial charge in [-0.05, 0) is 12.1 Å². The SMILES string of the molecule is C[Si](C)(C)CCOP(=O)(O)Oc1ccccc1COC(N)=O. The number of phosphoric acid groups is 1. The summed E-state index contributed by atoms with van der Waals surface area (Å²) in [5.41, 5.74) is 5.32. The minimum absolute atomic E-state index is 0.114. The van der Waals surface area contributed by atoms with E-state index in [1.807, 2.05) is 0 Å². The fourth-order valence-corrected chi connectivity index (χ4v) is 3.17. The summed E-state index contributed by atoms with van der Waals surface area (Å²) in [5, 5.41) is 0. The van der Waals surface area contributed by atoms with Crippen molar-refractivity contribution < 1.29 is 28.0 Å². The number of hydrogen-bond donors (Lipinski definition) is 2. The molecule has 3 N–H and O–H groups in total. The molecule has 1 rings (SSSR count). The van der Waals surface area contributed by atoms with Crippen LogP contribution in [0.25, 0.3) is 0 Å². The Morgan fingerprint density at radius 3 is 2.55 bits per heavy atom. The first-order valence-electron chi connectivity index (χ1n) is 6.76. The molecule has 124 valence electrons. The van der Waals surface area contributed by atoms with Crippen molar-refractivity contribution in [1.82, 2.24) is 0 Å². The number of hydrogen-bond acceptors (Lipinski definition) is 5. The summed E-state index contributed by atoms with van der Waals surface area (Å²) in [6.45, 7) is 6.41. The smallest absolute Gasteiger partial charge is 0.445 e. The van der Waals surface area contributed by atoms with E-state index < -0.39 is 22.0 Å². The summed E-state index contributed by atoms with van der Waals surface area (Å²) in [5.74, 6) is 0.114. The molecular weight excluding hydrogens is 325 g/mol. The summed E-state index contributed by atoms with van der Waals surface area (Å²) in [7, 11) is -5.59. The van der Waals surface area contributed by atoms with Gasteiger partial charge in [-0.2, -0.15) is 0 Å². The first-order chi connectivity index (χ1) is 10.1. The number of rotatable bonds is 8. The Hall–Kier alpha value is -1.34. The molecule has 1 aromatic rings. The van der Waals surface area contributed by atoms with Gasteiger partial charge in [0.25, 0.3) is 0 Å². The Labute approximate surface area is 131 Å². The van der Waals surface area contributed by atoms with E-state index in [0.717, 1.165) is 6.04 Å². The van der Waals surface area contributed by atoms with Crippen LogP contribution in [0.4, 0.5) is 4.79 Å². The summed E-state index contributed by atoms with van der Waals surface area (Å²) >= 11 is 0. The molecule has 0 bridgehead atoms. The van der Waals surface area contributed by atoms with Gasteiger partial charge >= 0.3 is 13.9 Å². The molecule has 1 unspecified atom stereocenters. The third-order valence-electron chi connectivity index (χ3n) is 2.66. The molecule has 9 heteroatoms. The zero-order valence-electron chi connectivity index (χ0n) is 12.9. The summed E-state index contributed by atoms with van der Waals surface area (Å²) in [6.07, 6.45) is -0.937. The normalized spacial score (nSPS) is 14.2. The number of primary amides is 1. The van der Waals surface area contributed by atoms with E-state index in [0.29, 0.717) is 5.56 Å². The van der Waals surface area contributed by atoms with Gasteiger partial charge in [-0.1, -0.05) is 37.8 Å². The van der Waals surface area contributed by atoms with Gasteiger partial charge in [-0.25, -0.2) is 9.36 Å². The average Bonchev–Trinajstić information content (AvgIpc) is 2.35. The molecule has 0 saturated carbocycles. The lowest BCUT2D eigenvalue weighted by atomic mass is 10.2. The van der Waals surface area contributed by atoms with Crippen LogP contribution in [-0.2, 0) is 20.4 Å². The number of nitrogens with two attached hydrogens (primary N) is 1. The van der Waals surface area contributed by atoms with Crippen LogP contribution in [0.3, 0.4) is 0 Å². The number of ether oxygens (including phenoxy) is 1. The maximum absolute atomic E-state index is 12.0. The van der Waals surface area contributed by atoms with Gasteiger partial charge in [0.1, 0.15) is 12.4 Å². The molecule has 0 aliphatic heterocycles. The van der Waals surface area contributed by atoms with Crippen LogP contribution >= 0.6 is 7.82 Å². The van der Waals surface area contributed by atoms with Crippen molar-refractivity contribution in [1.29, 1.82) is 0 Å². The second-order valence-corrected chi connectivity index (χ2v) is 12.9. The van der Waals surface area contributed by atoms with Crippen molar-refractivity contribution >= 4 is 22.0 Å². The second kappa shape index (κ2) is 7.78. The van der Waals surface area contributed by atoms with Gasteiger partial charge in [-0.15, -0.1) is 0 Å². The molecule has 0 saturated heterocycles. The van der Waals surface area contributed by atoms with Crippen LogP contribution in [0.2, 0.25) is 25.7 Å². The first kappa shape index (κ1) is 18.7. The summed E-state index contributed by atoms with van der Waals surface area (Å²) in [4.78, 5) is 20.4. The first-order valence-corrected chi connectivity index (χ1v) is 12.0. The third-order valence-corrected chi connectivity index (χ3v) is 5.30. The molecule has 0 fully saturated rings. The van der Waals surface area contributed by atoms with E-state index in [1.165, 1.54) is 6.07 Å². The van der Waals surface area contributed by atoms with Gasteiger partial charge in [0.2, 0.25) is 0 Å².